The number of amides is 1. The van der Waals surface area contributed by atoms with E-state index in [0.717, 1.165) is 5.56 Å². The van der Waals surface area contributed by atoms with Gasteiger partial charge in [-0.05, 0) is 18.1 Å². The second-order valence-corrected chi connectivity index (χ2v) is 3.46. The van der Waals surface area contributed by atoms with Gasteiger partial charge in [0, 0.05) is 6.54 Å². The first-order chi connectivity index (χ1) is 6.77. The van der Waals surface area contributed by atoms with Gasteiger partial charge in [-0.25, -0.2) is 0 Å². The molecule has 0 aliphatic carbocycles. The molecule has 2 rings (SSSR count). The molecule has 1 aromatic carbocycles. The zero-order chi connectivity index (χ0) is 9.97. The SMILES string of the molecule is Cc1ccccc1[C@@H]1CNC(=O)CO1. The number of hydrogen-bond acceptors (Lipinski definition) is 2. The Kier molecular flexibility index (Phi) is 2.50. The minimum atomic E-state index is -0.0326. The van der Waals surface area contributed by atoms with Gasteiger partial charge in [0.25, 0.3) is 0 Å². The summed E-state index contributed by atoms with van der Waals surface area (Å²) in [5.41, 5.74) is 2.36. The van der Waals surface area contributed by atoms with E-state index in [1.54, 1.807) is 0 Å². The van der Waals surface area contributed by atoms with E-state index in [1.165, 1.54) is 5.56 Å². The van der Waals surface area contributed by atoms with Crippen LogP contribution in [0.4, 0.5) is 0 Å². The lowest BCUT2D eigenvalue weighted by molar-refractivity contribution is -0.133. The maximum atomic E-state index is 10.9. The van der Waals surface area contributed by atoms with Gasteiger partial charge in [-0.2, -0.15) is 0 Å². The third kappa shape index (κ3) is 1.77. The number of morpholine rings is 1. The average Bonchev–Trinajstić information content (AvgIpc) is 2.20. The summed E-state index contributed by atoms with van der Waals surface area (Å²) in [5.74, 6) is -0.0326. The predicted molar refractivity (Wildman–Crippen MR) is 52.9 cm³/mol. The molecule has 1 atom stereocenters. The summed E-state index contributed by atoms with van der Waals surface area (Å²) in [6, 6.07) is 8.08. The summed E-state index contributed by atoms with van der Waals surface area (Å²) < 4.78 is 5.45. The number of ether oxygens (including phenoxy) is 1. The zero-order valence-electron chi connectivity index (χ0n) is 8.12. The molecule has 74 valence electrons. The first-order valence-corrected chi connectivity index (χ1v) is 4.71. The van der Waals surface area contributed by atoms with Crippen LogP contribution in [-0.4, -0.2) is 19.1 Å². The molecule has 0 aromatic heterocycles. The third-order valence-electron chi connectivity index (χ3n) is 2.44. The molecule has 0 spiro atoms. The summed E-state index contributed by atoms with van der Waals surface area (Å²) >= 11 is 0. The van der Waals surface area contributed by atoms with Gasteiger partial charge >= 0.3 is 0 Å². The second kappa shape index (κ2) is 3.80. The van der Waals surface area contributed by atoms with Crippen LogP contribution in [0, 0.1) is 6.92 Å². The number of benzene rings is 1. The molecular weight excluding hydrogens is 178 g/mol. The summed E-state index contributed by atoms with van der Waals surface area (Å²) in [5, 5.41) is 2.79. The van der Waals surface area contributed by atoms with Crippen LogP contribution in [0.25, 0.3) is 0 Å². The van der Waals surface area contributed by atoms with Gasteiger partial charge in [0.15, 0.2) is 0 Å². The van der Waals surface area contributed by atoms with Crippen LogP contribution in [-0.2, 0) is 9.53 Å². The normalized spacial score (nSPS) is 21.8. The number of carbonyl (C=O) groups is 1. The lowest BCUT2D eigenvalue weighted by Crippen LogP contribution is -2.38. The van der Waals surface area contributed by atoms with Gasteiger partial charge in [-0.3, -0.25) is 4.79 Å². The first-order valence-electron chi connectivity index (χ1n) is 4.71. The molecule has 3 nitrogen and oxygen atoms in total. The Bertz CT molecular complexity index is 339. The number of hydrogen-bond donors (Lipinski definition) is 1. The van der Waals surface area contributed by atoms with Crippen LogP contribution >= 0.6 is 0 Å². The van der Waals surface area contributed by atoms with E-state index < -0.39 is 0 Å². The van der Waals surface area contributed by atoms with Crippen molar-refractivity contribution in [2.75, 3.05) is 13.2 Å². The average molecular weight is 191 g/mol. The van der Waals surface area contributed by atoms with Crippen LogP contribution in [0.3, 0.4) is 0 Å². The van der Waals surface area contributed by atoms with Crippen molar-refractivity contribution in [2.45, 2.75) is 13.0 Å². The highest BCUT2D eigenvalue weighted by atomic mass is 16.5. The molecule has 1 saturated heterocycles. The maximum Gasteiger partial charge on any atom is 0.246 e. The fraction of sp³-hybridized carbons (Fsp3) is 0.364. The summed E-state index contributed by atoms with van der Waals surface area (Å²) in [6.07, 6.45) is 0.00824. The lowest BCUT2D eigenvalue weighted by atomic mass is 10.0. The monoisotopic (exact) mass is 191 g/mol. The third-order valence-corrected chi connectivity index (χ3v) is 2.44. The highest BCUT2D eigenvalue weighted by molar-refractivity contribution is 5.77. The molecule has 1 amide bonds. The van der Waals surface area contributed by atoms with E-state index in [4.69, 9.17) is 4.74 Å². The Morgan fingerprint density at radius 2 is 2.21 bits per heavy atom. The minimum absolute atomic E-state index is 0.00824. The van der Waals surface area contributed by atoms with E-state index in [0.29, 0.717) is 6.54 Å². The molecule has 1 heterocycles. The number of carbonyl (C=O) groups excluding carboxylic acids is 1. The van der Waals surface area contributed by atoms with E-state index in [9.17, 15) is 4.79 Å². The Morgan fingerprint density at radius 3 is 2.86 bits per heavy atom. The van der Waals surface area contributed by atoms with Crippen molar-refractivity contribution >= 4 is 5.91 Å². The second-order valence-electron chi connectivity index (χ2n) is 3.46. The fourth-order valence-electron chi connectivity index (χ4n) is 1.64. The van der Waals surface area contributed by atoms with Crippen molar-refractivity contribution in [1.82, 2.24) is 5.32 Å². The predicted octanol–water partition coefficient (Wildman–Crippen LogP) is 1.18. The van der Waals surface area contributed by atoms with Crippen LogP contribution in [0.2, 0.25) is 0 Å². The zero-order valence-corrected chi connectivity index (χ0v) is 8.12. The Labute approximate surface area is 83.1 Å². The molecule has 3 heteroatoms. The molecule has 1 aromatic rings. The summed E-state index contributed by atoms with van der Waals surface area (Å²) in [4.78, 5) is 10.9. The molecule has 1 N–H and O–H groups in total. The lowest BCUT2D eigenvalue weighted by Gasteiger charge is -2.24. The molecule has 1 fully saturated rings. The van der Waals surface area contributed by atoms with E-state index in [-0.39, 0.29) is 18.6 Å². The van der Waals surface area contributed by atoms with Crippen molar-refractivity contribution in [3.8, 4) is 0 Å². The molecule has 0 radical (unpaired) electrons. The standard InChI is InChI=1S/C11H13NO2/c1-8-4-2-3-5-9(8)10-6-12-11(13)7-14-10/h2-5,10H,6-7H2,1H3,(H,12,13)/t10-/m0/s1. The van der Waals surface area contributed by atoms with Crippen LogP contribution in [0.1, 0.15) is 17.2 Å². The molecule has 1 aliphatic heterocycles. The molecular formula is C11H13NO2. The molecule has 0 bridgehead atoms. The Morgan fingerprint density at radius 1 is 1.43 bits per heavy atom. The van der Waals surface area contributed by atoms with Gasteiger partial charge in [-0.1, -0.05) is 24.3 Å². The highest BCUT2D eigenvalue weighted by Gasteiger charge is 2.20. The van der Waals surface area contributed by atoms with Gasteiger partial charge < -0.3 is 10.1 Å². The number of aryl methyl sites for hydroxylation is 1. The molecule has 1 aliphatic rings. The van der Waals surface area contributed by atoms with E-state index in [2.05, 4.69) is 18.3 Å². The highest BCUT2D eigenvalue weighted by Crippen LogP contribution is 2.21. The van der Waals surface area contributed by atoms with E-state index in [1.807, 2.05) is 18.2 Å². The summed E-state index contributed by atoms with van der Waals surface area (Å²) in [7, 11) is 0. The topological polar surface area (TPSA) is 38.3 Å². The van der Waals surface area contributed by atoms with Gasteiger partial charge in [0.2, 0.25) is 5.91 Å². The van der Waals surface area contributed by atoms with Crippen molar-refractivity contribution in [3.63, 3.8) is 0 Å². The smallest absolute Gasteiger partial charge is 0.246 e. The van der Waals surface area contributed by atoms with Crippen molar-refractivity contribution in [3.05, 3.63) is 35.4 Å². The first kappa shape index (κ1) is 9.21. The van der Waals surface area contributed by atoms with Gasteiger partial charge in [0.05, 0.1) is 0 Å². The fourth-order valence-corrected chi connectivity index (χ4v) is 1.64. The van der Waals surface area contributed by atoms with E-state index >= 15 is 0 Å². The van der Waals surface area contributed by atoms with Crippen molar-refractivity contribution in [2.24, 2.45) is 0 Å². The number of nitrogens with one attached hydrogen (secondary N) is 1. The van der Waals surface area contributed by atoms with Crippen LogP contribution in [0.5, 0.6) is 0 Å². The number of rotatable bonds is 1. The van der Waals surface area contributed by atoms with Crippen molar-refractivity contribution < 1.29 is 9.53 Å². The maximum absolute atomic E-state index is 10.9. The molecule has 0 saturated carbocycles. The molecule has 14 heavy (non-hydrogen) atoms. The van der Waals surface area contributed by atoms with Gasteiger partial charge in [0.1, 0.15) is 12.7 Å². The Hall–Kier alpha value is -1.35. The van der Waals surface area contributed by atoms with Crippen molar-refractivity contribution in [1.29, 1.82) is 0 Å². The molecule has 0 unspecified atom stereocenters. The Balaban J connectivity index is 2.16. The quantitative estimate of drug-likeness (QED) is 0.724. The largest absolute Gasteiger partial charge is 0.362 e. The summed E-state index contributed by atoms with van der Waals surface area (Å²) in [6.45, 7) is 2.79. The van der Waals surface area contributed by atoms with Gasteiger partial charge in [-0.15, -0.1) is 0 Å². The minimum Gasteiger partial charge on any atom is -0.362 e. The van der Waals surface area contributed by atoms with Crippen LogP contribution < -0.4 is 5.32 Å². The van der Waals surface area contributed by atoms with Crippen LogP contribution in [0.15, 0.2) is 24.3 Å².